The van der Waals surface area contributed by atoms with Crippen LogP contribution in [0.25, 0.3) is 0 Å². The molecule has 1 aliphatic heterocycles. The number of pyridine rings is 1. The highest BCUT2D eigenvalue weighted by atomic mass is 35.5. The van der Waals surface area contributed by atoms with Crippen molar-refractivity contribution in [2.24, 2.45) is 0 Å². The predicted octanol–water partition coefficient (Wildman–Crippen LogP) is 4.17. The van der Waals surface area contributed by atoms with Crippen LogP contribution in [-0.2, 0) is 0 Å². The molecule has 2 aliphatic rings. The molecule has 2 heterocycles. The highest BCUT2D eigenvalue weighted by Gasteiger charge is 2.36. The number of amides is 3. The lowest BCUT2D eigenvalue weighted by Crippen LogP contribution is -2.38. The summed E-state index contributed by atoms with van der Waals surface area (Å²) in [5.41, 5.74) is 1.10. The number of halogens is 1. The largest absolute Gasteiger partial charge is 0.326 e. The molecule has 0 radical (unpaired) electrons. The molecule has 1 saturated heterocycles. The summed E-state index contributed by atoms with van der Waals surface area (Å²) in [7, 11) is 0. The first-order chi connectivity index (χ1) is 13.1. The van der Waals surface area contributed by atoms with Gasteiger partial charge in [-0.25, -0.2) is 9.78 Å². The number of anilines is 2. The van der Waals surface area contributed by atoms with Crippen molar-refractivity contribution in [3.05, 3.63) is 53.2 Å². The SMILES string of the molecule is O=C(Nc1ccc(N2CCN(C3CCCC3)C2=O)nc1)c1ccc(Cl)cc1. The minimum Gasteiger partial charge on any atom is -0.321 e. The van der Waals surface area contributed by atoms with Gasteiger partial charge < -0.3 is 10.2 Å². The molecular formula is C20H21ClN4O2. The molecule has 7 heteroatoms. The topological polar surface area (TPSA) is 65.5 Å². The summed E-state index contributed by atoms with van der Waals surface area (Å²) >= 11 is 5.84. The van der Waals surface area contributed by atoms with Crippen molar-refractivity contribution in [2.75, 3.05) is 23.3 Å². The van der Waals surface area contributed by atoms with E-state index in [4.69, 9.17) is 11.6 Å². The van der Waals surface area contributed by atoms with Crippen LogP contribution >= 0.6 is 11.6 Å². The Bertz CT molecular complexity index is 832. The van der Waals surface area contributed by atoms with Gasteiger partial charge in [-0.3, -0.25) is 9.69 Å². The Hall–Kier alpha value is -2.60. The van der Waals surface area contributed by atoms with Gasteiger partial charge >= 0.3 is 6.03 Å². The lowest BCUT2D eigenvalue weighted by atomic mass is 10.2. The molecule has 1 saturated carbocycles. The van der Waals surface area contributed by atoms with Gasteiger partial charge in [-0.15, -0.1) is 0 Å². The van der Waals surface area contributed by atoms with Crippen molar-refractivity contribution in [3.8, 4) is 0 Å². The predicted molar refractivity (Wildman–Crippen MR) is 105 cm³/mol. The molecule has 6 nitrogen and oxygen atoms in total. The molecule has 1 aromatic heterocycles. The minimum absolute atomic E-state index is 0.0346. The Morgan fingerprint density at radius 3 is 2.48 bits per heavy atom. The fraction of sp³-hybridized carbons (Fsp3) is 0.350. The third kappa shape index (κ3) is 3.76. The van der Waals surface area contributed by atoms with E-state index in [-0.39, 0.29) is 11.9 Å². The van der Waals surface area contributed by atoms with Crippen LogP contribution < -0.4 is 10.2 Å². The van der Waals surface area contributed by atoms with E-state index in [9.17, 15) is 9.59 Å². The van der Waals surface area contributed by atoms with Crippen LogP contribution in [0.15, 0.2) is 42.6 Å². The molecule has 140 valence electrons. The zero-order valence-electron chi connectivity index (χ0n) is 14.9. The van der Waals surface area contributed by atoms with E-state index in [1.54, 1.807) is 47.5 Å². The fourth-order valence-corrected chi connectivity index (χ4v) is 3.87. The quantitative estimate of drug-likeness (QED) is 0.860. The molecule has 2 aromatic rings. The van der Waals surface area contributed by atoms with E-state index in [2.05, 4.69) is 10.3 Å². The molecule has 1 aliphatic carbocycles. The van der Waals surface area contributed by atoms with Crippen molar-refractivity contribution >= 4 is 35.0 Å². The van der Waals surface area contributed by atoms with E-state index in [0.717, 1.165) is 19.4 Å². The van der Waals surface area contributed by atoms with Crippen LogP contribution in [-0.4, -0.2) is 41.0 Å². The Kier molecular flexibility index (Phi) is 4.99. The number of urea groups is 1. The maximum atomic E-state index is 12.7. The third-order valence-corrected chi connectivity index (χ3v) is 5.45. The summed E-state index contributed by atoms with van der Waals surface area (Å²) in [6, 6.07) is 10.6. The Labute approximate surface area is 163 Å². The molecule has 0 spiro atoms. The Morgan fingerprint density at radius 1 is 1.07 bits per heavy atom. The number of rotatable bonds is 4. The van der Waals surface area contributed by atoms with Crippen LogP contribution in [0.2, 0.25) is 5.02 Å². The van der Waals surface area contributed by atoms with Gasteiger partial charge in [-0.2, -0.15) is 0 Å². The van der Waals surface area contributed by atoms with E-state index < -0.39 is 0 Å². The zero-order valence-corrected chi connectivity index (χ0v) is 15.7. The van der Waals surface area contributed by atoms with E-state index >= 15 is 0 Å². The number of nitrogens with zero attached hydrogens (tertiary/aromatic N) is 3. The van der Waals surface area contributed by atoms with Crippen molar-refractivity contribution in [1.82, 2.24) is 9.88 Å². The first-order valence-corrected chi connectivity index (χ1v) is 9.61. The standard InChI is InChI=1S/C20H21ClN4O2/c21-15-7-5-14(6-8-15)19(26)23-16-9-10-18(22-13-16)25-12-11-24(20(25)27)17-3-1-2-4-17/h5-10,13,17H,1-4,11-12H2,(H,23,26). The smallest absolute Gasteiger partial charge is 0.321 e. The summed E-state index contributed by atoms with van der Waals surface area (Å²) in [5, 5.41) is 3.38. The maximum absolute atomic E-state index is 12.7. The number of benzene rings is 1. The zero-order chi connectivity index (χ0) is 18.8. The van der Waals surface area contributed by atoms with Gasteiger partial charge in [0.15, 0.2) is 0 Å². The number of aromatic nitrogens is 1. The maximum Gasteiger partial charge on any atom is 0.326 e. The lowest BCUT2D eigenvalue weighted by Gasteiger charge is -2.23. The van der Waals surface area contributed by atoms with Gasteiger partial charge in [0.1, 0.15) is 5.82 Å². The molecule has 0 unspecified atom stereocenters. The van der Waals surface area contributed by atoms with Crippen molar-refractivity contribution < 1.29 is 9.59 Å². The summed E-state index contributed by atoms with van der Waals surface area (Å²) in [4.78, 5) is 33.0. The van der Waals surface area contributed by atoms with E-state index in [1.807, 2.05) is 4.90 Å². The fourth-order valence-electron chi connectivity index (χ4n) is 3.75. The molecular weight excluding hydrogens is 364 g/mol. The van der Waals surface area contributed by atoms with Crippen LogP contribution in [0.1, 0.15) is 36.0 Å². The van der Waals surface area contributed by atoms with Crippen LogP contribution in [0.4, 0.5) is 16.3 Å². The van der Waals surface area contributed by atoms with Crippen LogP contribution in [0, 0.1) is 0 Å². The molecule has 4 rings (SSSR count). The Balaban J connectivity index is 1.41. The van der Waals surface area contributed by atoms with Crippen LogP contribution in [0.3, 0.4) is 0 Å². The Morgan fingerprint density at radius 2 is 1.81 bits per heavy atom. The molecule has 27 heavy (non-hydrogen) atoms. The minimum atomic E-state index is -0.231. The molecule has 2 fully saturated rings. The van der Waals surface area contributed by atoms with Crippen molar-refractivity contribution in [1.29, 1.82) is 0 Å². The molecule has 1 N–H and O–H groups in total. The molecule has 0 atom stereocenters. The average Bonchev–Trinajstić information content (AvgIpc) is 3.32. The third-order valence-electron chi connectivity index (χ3n) is 5.20. The summed E-state index contributed by atoms with van der Waals surface area (Å²) in [5.74, 6) is 0.385. The number of hydrogen-bond acceptors (Lipinski definition) is 3. The molecule has 3 amide bonds. The van der Waals surface area contributed by atoms with Gasteiger partial charge in [0.05, 0.1) is 11.9 Å². The summed E-state index contributed by atoms with van der Waals surface area (Å²) in [6.45, 7) is 1.40. The number of hydrogen-bond donors (Lipinski definition) is 1. The molecule has 0 bridgehead atoms. The number of nitrogens with one attached hydrogen (secondary N) is 1. The average molecular weight is 385 g/mol. The second-order valence-corrected chi connectivity index (χ2v) is 7.37. The van der Waals surface area contributed by atoms with Crippen LogP contribution in [0.5, 0.6) is 0 Å². The molecule has 1 aromatic carbocycles. The van der Waals surface area contributed by atoms with E-state index in [1.165, 1.54) is 12.8 Å². The summed E-state index contributed by atoms with van der Waals surface area (Å²) < 4.78 is 0. The van der Waals surface area contributed by atoms with E-state index in [0.29, 0.717) is 34.7 Å². The number of carbonyl (C=O) groups is 2. The van der Waals surface area contributed by atoms with Gasteiger partial charge in [0, 0.05) is 29.7 Å². The first kappa shape index (κ1) is 17.8. The second kappa shape index (κ2) is 7.56. The highest BCUT2D eigenvalue weighted by Crippen LogP contribution is 2.28. The summed E-state index contributed by atoms with van der Waals surface area (Å²) in [6.07, 6.45) is 6.18. The van der Waals surface area contributed by atoms with Gasteiger partial charge in [-0.1, -0.05) is 24.4 Å². The first-order valence-electron chi connectivity index (χ1n) is 9.23. The van der Waals surface area contributed by atoms with Crippen molar-refractivity contribution in [2.45, 2.75) is 31.7 Å². The second-order valence-electron chi connectivity index (χ2n) is 6.93. The van der Waals surface area contributed by atoms with Gasteiger partial charge in [0.2, 0.25) is 0 Å². The normalized spacial score (nSPS) is 17.6. The monoisotopic (exact) mass is 384 g/mol. The van der Waals surface area contributed by atoms with Crippen molar-refractivity contribution in [3.63, 3.8) is 0 Å². The lowest BCUT2D eigenvalue weighted by molar-refractivity contribution is 0.102. The van der Waals surface area contributed by atoms with Gasteiger partial charge in [-0.05, 0) is 49.2 Å². The van der Waals surface area contributed by atoms with Gasteiger partial charge in [0.25, 0.3) is 5.91 Å². The number of carbonyl (C=O) groups excluding carboxylic acids is 2. The highest BCUT2D eigenvalue weighted by molar-refractivity contribution is 6.30.